The van der Waals surface area contributed by atoms with Crippen molar-refractivity contribution in [3.05, 3.63) is 72.2 Å². The lowest BCUT2D eigenvalue weighted by Crippen LogP contribution is -2.35. The number of hydrogen-bond acceptors (Lipinski definition) is 8. The molecule has 0 bridgehead atoms. The van der Waals surface area contributed by atoms with Crippen LogP contribution >= 0.6 is 0 Å². The third-order valence-corrected chi connectivity index (χ3v) is 9.53. The summed E-state index contributed by atoms with van der Waals surface area (Å²) < 4.78 is 19.2. The van der Waals surface area contributed by atoms with E-state index in [0.29, 0.717) is 23.9 Å². The third kappa shape index (κ3) is 4.68. The van der Waals surface area contributed by atoms with Crippen LogP contribution in [0.25, 0.3) is 22.6 Å². The predicted molar refractivity (Wildman–Crippen MR) is 151 cm³/mol. The van der Waals surface area contributed by atoms with Crippen LogP contribution in [0.2, 0.25) is 0 Å². The molecule has 39 heavy (non-hydrogen) atoms. The van der Waals surface area contributed by atoms with Gasteiger partial charge in [0.1, 0.15) is 17.1 Å². The van der Waals surface area contributed by atoms with E-state index in [1.807, 2.05) is 36.4 Å². The van der Waals surface area contributed by atoms with Gasteiger partial charge in [0.05, 0.1) is 12.1 Å². The van der Waals surface area contributed by atoms with E-state index in [0.717, 1.165) is 77.8 Å². The molecule has 2 fully saturated rings. The van der Waals surface area contributed by atoms with E-state index in [1.165, 1.54) is 0 Å². The molecule has 0 spiro atoms. The summed E-state index contributed by atoms with van der Waals surface area (Å²) in [6.45, 7) is 1.60. The molecule has 2 aliphatic heterocycles. The van der Waals surface area contributed by atoms with Crippen molar-refractivity contribution in [2.75, 3.05) is 35.7 Å². The molecule has 1 atom stereocenters. The summed E-state index contributed by atoms with van der Waals surface area (Å²) in [5.74, 6) is 3.66. The van der Waals surface area contributed by atoms with Gasteiger partial charge in [-0.1, -0.05) is 60.7 Å². The number of aryl methyl sites for hydroxylation is 1. The Labute approximate surface area is 230 Å². The summed E-state index contributed by atoms with van der Waals surface area (Å²) in [5.41, 5.74) is 3.47. The summed E-state index contributed by atoms with van der Waals surface area (Å²) >= 11 is -1.10. The lowest BCUT2D eigenvalue weighted by molar-refractivity contribution is 0.265. The first-order valence-electron chi connectivity index (χ1n) is 13.7. The zero-order chi connectivity index (χ0) is 26.4. The number of rotatable bonds is 7. The summed E-state index contributed by atoms with van der Waals surface area (Å²) in [5, 5.41) is 13.3. The molecule has 8 nitrogen and oxygen atoms in total. The van der Waals surface area contributed by atoms with Gasteiger partial charge in [-0.3, -0.25) is 0 Å². The molecule has 3 aliphatic rings. The van der Waals surface area contributed by atoms with Gasteiger partial charge in [0, 0.05) is 36.6 Å². The number of anilines is 2. The number of aliphatic hydroxyl groups excluding tert-OH is 1. The standard InChI is InChI=1S/C30H31N5O3S/c36-19-30(14-15-30)34-27-26-23(13-18-39(26)37)31-29(33-27)35-16-11-22(12-17-35)28-32-24(20-7-3-1-4-8-20)25(38-28)21-9-5-2-6-10-21/h1-10,22,36H,11-19H2,(H,31,33,34)/t39-/m0/s1. The third-order valence-electron chi connectivity index (χ3n) is 8.07. The van der Waals surface area contributed by atoms with Gasteiger partial charge in [-0.25, -0.2) is 9.97 Å². The normalized spacial score (nSPS) is 20.2. The van der Waals surface area contributed by atoms with Gasteiger partial charge in [-0.15, -0.1) is 0 Å². The fraction of sp³-hybridized carbons (Fsp3) is 0.367. The molecule has 1 aliphatic carbocycles. The van der Waals surface area contributed by atoms with Crippen LogP contribution in [-0.2, 0) is 17.6 Å². The minimum atomic E-state index is -1.10. The lowest BCUT2D eigenvalue weighted by Gasteiger charge is -2.31. The molecule has 2 aromatic carbocycles. The van der Waals surface area contributed by atoms with Crippen LogP contribution in [0.3, 0.4) is 0 Å². The van der Waals surface area contributed by atoms with Gasteiger partial charge in [0.25, 0.3) is 0 Å². The first-order chi connectivity index (χ1) is 19.1. The first kappa shape index (κ1) is 24.6. The van der Waals surface area contributed by atoms with Crippen molar-refractivity contribution in [3.63, 3.8) is 0 Å². The summed E-state index contributed by atoms with van der Waals surface area (Å²) in [6, 6.07) is 20.4. The quantitative estimate of drug-likeness (QED) is 0.322. The highest BCUT2D eigenvalue weighted by Gasteiger charge is 2.45. The summed E-state index contributed by atoms with van der Waals surface area (Å²) in [6.07, 6.45) is 4.22. The van der Waals surface area contributed by atoms with Crippen LogP contribution in [0.5, 0.6) is 0 Å². The maximum atomic E-state index is 12.7. The Bertz CT molecular complexity index is 1410. The zero-order valence-electron chi connectivity index (χ0n) is 21.7. The Morgan fingerprint density at radius 1 is 0.974 bits per heavy atom. The smallest absolute Gasteiger partial charge is 0.227 e. The molecule has 1 saturated heterocycles. The minimum Gasteiger partial charge on any atom is -0.611 e. The van der Waals surface area contributed by atoms with E-state index in [2.05, 4.69) is 34.5 Å². The number of aromatic nitrogens is 3. The van der Waals surface area contributed by atoms with Gasteiger partial charge in [-0.05, 0) is 36.9 Å². The average Bonchev–Trinajstić information content (AvgIpc) is 3.44. The van der Waals surface area contributed by atoms with Crippen LogP contribution in [0, 0.1) is 0 Å². The molecule has 2 N–H and O–H groups in total. The number of fused-ring (bicyclic) bond motifs is 1. The number of piperidine rings is 1. The van der Waals surface area contributed by atoms with E-state index >= 15 is 0 Å². The van der Waals surface area contributed by atoms with Crippen LogP contribution < -0.4 is 10.2 Å². The van der Waals surface area contributed by atoms with Gasteiger partial charge in [-0.2, -0.15) is 4.98 Å². The maximum absolute atomic E-state index is 12.7. The molecular weight excluding hydrogens is 510 g/mol. The number of aliphatic hydroxyl groups is 1. The highest BCUT2D eigenvalue weighted by atomic mass is 32.2. The fourth-order valence-corrected chi connectivity index (χ4v) is 6.86. The number of nitrogens with one attached hydrogen (secondary N) is 1. The number of benzene rings is 2. The Hall–Kier alpha value is -3.40. The number of oxazole rings is 1. The molecule has 0 radical (unpaired) electrons. The lowest BCUT2D eigenvalue weighted by atomic mass is 9.97. The zero-order valence-corrected chi connectivity index (χ0v) is 22.5. The Morgan fingerprint density at radius 3 is 2.33 bits per heavy atom. The topological polar surface area (TPSA) is 110 Å². The van der Waals surface area contributed by atoms with Gasteiger partial charge in [0.2, 0.25) is 10.8 Å². The molecule has 4 heterocycles. The van der Waals surface area contributed by atoms with E-state index in [4.69, 9.17) is 19.4 Å². The largest absolute Gasteiger partial charge is 0.611 e. The van der Waals surface area contributed by atoms with Crippen LogP contribution in [0.4, 0.5) is 11.8 Å². The van der Waals surface area contributed by atoms with Crippen molar-refractivity contribution >= 4 is 22.9 Å². The fourth-order valence-electron chi connectivity index (χ4n) is 5.55. The Morgan fingerprint density at radius 2 is 1.67 bits per heavy atom. The van der Waals surface area contributed by atoms with Crippen LogP contribution in [-0.4, -0.2) is 55.6 Å². The van der Waals surface area contributed by atoms with E-state index in [1.54, 1.807) is 0 Å². The molecule has 4 aromatic rings. The second-order valence-corrected chi connectivity index (χ2v) is 12.2. The van der Waals surface area contributed by atoms with Crippen molar-refractivity contribution in [2.24, 2.45) is 0 Å². The summed E-state index contributed by atoms with van der Waals surface area (Å²) in [4.78, 5) is 17.6. The molecular formula is C30H31N5O3S. The van der Waals surface area contributed by atoms with Crippen molar-refractivity contribution in [3.8, 4) is 22.6 Å². The van der Waals surface area contributed by atoms with E-state index in [9.17, 15) is 9.66 Å². The number of nitrogens with zero attached hydrogens (tertiary/aromatic N) is 4. The predicted octanol–water partition coefficient (Wildman–Crippen LogP) is 4.78. The highest BCUT2D eigenvalue weighted by molar-refractivity contribution is 7.91. The molecule has 0 unspecified atom stereocenters. The van der Waals surface area contributed by atoms with Crippen LogP contribution in [0.1, 0.15) is 43.2 Å². The highest BCUT2D eigenvalue weighted by Crippen LogP contribution is 2.42. The first-order valence-corrected chi connectivity index (χ1v) is 15.0. The van der Waals surface area contributed by atoms with Crippen molar-refractivity contribution in [1.29, 1.82) is 0 Å². The Kier molecular flexibility index (Phi) is 6.29. The van der Waals surface area contributed by atoms with E-state index < -0.39 is 11.2 Å². The van der Waals surface area contributed by atoms with Gasteiger partial charge < -0.3 is 24.3 Å². The van der Waals surface area contributed by atoms with Crippen molar-refractivity contribution < 1.29 is 14.1 Å². The van der Waals surface area contributed by atoms with Gasteiger partial charge >= 0.3 is 0 Å². The van der Waals surface area contributed by atoms with Crippen molar-refractivity contribution in [2.45, 2.75) is 48.5 Å². The monoisotopic (exact) mass is 541 g/mol. The molecule has 1 saturated carbocycles. The number of hydrogen-bond donors (Lipinski definition) is 2. The van der Waals surface area contributed by atoms with Gasteiger partial charge in [0.15, 0.2) is 17.5 Å². The summed E-state index contributed by atoms with van der Waals surface area (Å²) in [7, 11) is 0. The Balaban J connectivity index is 1.14. The minimum absolute atomic E-state index is 0.0469. The van der Waals surface area contributed by atoms with Crippen molar-refractivity contribution in [1.82, 2.24) is 15.0 Å². The molecule has 0 amide bonds. The van der Waals surface area contributed by atoms with Crippen LogP contribution in [0.15, 0.2) is 70.0 Å². The second kappa shape index (κ2) is 9.97. The maximum Gasteiger partial charge on any atom is 0.227 e. The average molecular weight is 542 g/mol. The SMILES string of the molecule is [O-][S@@+]1CCc2nc(N3CCC(c4nc(-c5ccccc5)c(-c5ccccc5)o4)CC3)nc(NC3(CO)CC3)c21. The molecule has 2 aromatic heterocycles. The molecule has 9 heteroatoms. The van der Waals surface area contributed by atoms with E-state index in [-0.39, 0.29) is 18.1 Å². The molecule has 7 rings (SSSR count). The second-order valence-electron chi connectivity index (χ2n) is 10.7. The molecule has 200 valence electrons.